The van der Waals surface area contributed by atoms with Gasteiger partial charge in [0, 0.05) is 17.3 Å². The minimum atomic E-state index is -0.198. The first kappa shape index (κ1) is 15.3. The first-order valence-corrected chi connectivity index (χ1v) is 8.78. The van der Waals surface area contributed by atoms with E-state index in [1.165, 1.54) is 31.1 Å². The summed E-state index contributed by atoms with van der Waals surface area (Å²) in [4.78, 5) is 0. The van der Waals surface area contributed by atoms with Gasteiger partial charge in [0.2, 0.25) is 0 Å². The van der Waals surface area contributed by atoms with Crippen LogP contribution in [0.5, 0.6) is 0 Å². The van der Waals surface area contributed by atoms with Gasteiger partial charge in [-0.15, -0.1) is 0 Å². The van der Waals surface area contributed by atoms with Crippen molar-refractivity contribution < 1.29 is 4.39 Å². The summed E-state index contributed by atoms with van der Waals surface area (Å²) in [5.41, 5.74) is 1.14. The van der Waals surface area contributed by atoms with Crippen molar-refractivity contribution in [1.29, 1.82) is 0 Å². The van der Waals surface area contributed by atoms with Gasteiger partial charge in [0.15, 0.2) is 0 Å². The quantitative estimate of drug-likeness (QED) is 0.813. The van der Waals surface area contributed by atoms with Gasteiger partial charge in [-0.2, -0.15) is 11.8 Å². The van der Waals surface area contributed by atoms with Crippen LogP contribution in [-0.4, -0.2) is 17.0 Å². The highest BCUT2D eigenvalue weighted by Gasteiger charge is 2.28. The largest absolute Gasteiger partial charge is 0.306 e. The molecule has 1 aromatic rings. The van der Waals surface area contributed by atoms with E-state index < -0.39 is 0 Å². The Morgan fingerprint density at radius 3 is 2.95 bits per heavy atom. The Morgan fingerprint density at radius 1 is 1.47 bits per heavy atom. The summed E-state index contributed by atoms with van der Waals surface area (Å²) in [5, 5.41) is 4.45. The van der Waals surface area contributed by atoms with Crippen molar-refractivity contribution >= 4 is 27.7 Å². The van der Waals surface area contributed by atoms with Gasteiger partial charge < -0.3 is 5.32 Å². The highest BCUT2D eigenvalue weighted by atomic mass is 79.9. The van der Waals surface area contributed by atoms with Crippen LogP contribution < -0.4 is 5.32 Å². The zero-order valence-corrected chi connectivity index (χ0v) is 13.9. The molecule has 0 heterocycles. The zero-order chi connectivity index (χ0) is 13.8. The predicted molar refractivity (Wildman–Crippen MR) is 85.2 cm³/mol. The molecule has 4 heteroatoms. The van der Waals surface area contributed by atoms with Crippen molar-refractivity contribution in [3.05, 3.63) is 34.1 Å². The summed E-state index contributed by atoms with van der Waals surface area (Å²) in [7, 11) is 0. The molecule has 1 saturated carbocycles. The second-order valence-corrected chi connectivity index (χ2v) is 7.46. The molecule has 0 radical (unpaired) electrons. The minimum absolute atomic E-state index is 0.198. The van der Waals surface area contributed by atoms with Gasteiger partial charge in [0.05, 0.1) is 4.47 Å². The molecule has 1 aromatic carbocycles. The molecule has 1 nitrogen and oxygen atoms in total. The Labute approximate surface area is 127 Å². The summed E-state index contributed by atoms with van der Waals surface area (Å²) in [6, 6.07) is 6.13. The third-order valence-electron chi connectivity index (χ3n) is 3.74. The van der Waals surface area contributed by atoms with Crippen LogP contribution in [0.15, 0.2) is 22.7 Å². The fraction of sp³-hybridized carbons (Fsp3) is 0.600. The SMILES string of the molecule is CCSC1CCCC1NC(C)c1ccc(F)c(Br)c1. The van der Waals surface area contributed by atoms with E-state index in [2.05, 4.69) is 46.9 Å². The average molecular weight is 346 g/mol. The summed E-state index contributed by atoms with van der Waals surface area (Å²) in [6.07, 6.45) is 3.88. The van der Waals surface area contributed by atoms with E-state index in [0.29, 0.717) is 10.5 Å². The second kappa shape index (κ2) is 7.09. The Kier molecular flexibility index (Phi) is 5.72. The molecule has 1 aliphatic carbocycles. The van der Waals surface area contributed by atoms with E-state index in [1.54, 1.807) is 0 Å². The molecule has 1 aliphatic rings. The van der Waals surface area contributed by atoms with Gasteiger partial charge in [0.1, 0.15) is 5.82 Å². The lowest BCUT2D eigenvalue weighted by molar-refractivity contribution is 0.466. The van der Waals surface area contributed by atoms with Crippen molar-refractivity contribution in [2.24, 2.45) is 0 Å². The highest BCUT2D eigenvalue weighted by Crippen LogP contribution is 2.32. The second-order valence-electron chi connectivity index (χ2n) is 5.09. The van der Waals surface area contributed by atoms with Crippen LogP contribution in [0.2, 0.25) is 0 Å². The maximum absolute atomic E-state index is 13.3. The highest BCUT2D eigenvalue weighted by molar-refractivity contribution is 9.10. The molecule has 3 unspecified atom stereocenters. The predicted octanol–water partition coefficient (Wildman–Crippen LogP) is 4.91. The van der Waals surface area contributed by atoms with Crippen LogP contribution in [0, 0.1) is 5.82 Å². The molecule has 106 valence electrons. The smallest absolute Gasteiger partial charge is 0.137 e. The van der Waals surface area contributed by atoms with E-state index in [0.717, 1.165) is 10.8 Å². The van der Waals surface area contributed by atoms with Gasteiger partial charge in [-0.3, -0.25) is 0 Å². The summed E-state index contributed by atoms with van der Waals surface area (Å²) >= 11 is 5.31. The molecular weight excluding hydrogens is 325 g/mol. The van der Waals surface area contributed by atoms with E-state index in [-0.39, 0.29) is 11.9 Å². The van der Waals surface area contributed by atoms with E-state index in [1.807, 2.05) is 12.1 Å². The van der Waals surface area contributed by atoms with Crippen molar-refractivity contribution in [3.63, 3.8) is 0 Å². The van der Waals surface area contributed by atoms with Gasteiger partial charge in [-0.05, 0) is 59.1 Å². The summed E-state index contributed by atoms with van der Waals surface area (Å²) in [5.74, 6) is 0.982. The molecule has 1 fully saturated rings. The molecule has 19 heavy (non-hydrogen) atoms. The maximum atomic E-state index is 13.3. The molecule has 3 atom stereocenters. The van der Waals surface area contributed by atoms with Crippen molar-refractivity contribution in [2.75, 3.05) is 5.75 Å². The fourth-order valence-electron chi connectivity index (χ4n) is 2.73. The first-order chi connectivity index (χ1) is 9.11. The molecule has 0 aromatic heterocycles. The number of rotatable bonds is 5. The maximum Gasteiger partial charge on any atom is 0.137 e. The van der Waals surface area contributed by atoms with Crippen LogP contribution in [0.25, 0.3) is 0 Å². The van der Waals surface area contributed by atoms with Crippen LogP contribution >= 0.6 is 27.7 Å². The monoisotopic (exact) mass is 345 g/mol. The number of halogens is 2. The Balaban J connectivity index is 1.99. The van der Waals surface area contributed by atoms with Crippen LogP contribution in [0.3, 0.4) is 0 Å². The number of benzene rings is 1. The van der Waals surface area contributed by atoms with Gasteiger partial charge in [-0.25, -0.2) is 4.39 Å². The number of hydrogen-bond acceptors (Lipinski definition) is 2. The number of hydrogen-bond donors (Lipinski definition) is 1. The minimum Gasteiger partial charge on any atom is -0.306 e. The number of nitrogens with one attached hydrogen (secondary N) is 1. The molecule has 1 N–H and O–H groups in total. The van der Waals surface area contributed by atoms with Crippen LogP contribution in [0.4, 0.5) is 4.39 Å². The molecule has 0 saturated heterocycles. The van der Waals surface area contributed by atoms with Gasteiger partial charge >= 0.3 is 0 Å². The lowest BCUT2D eigenvalue weighted by Crippen LogP contribution is -2.36. The molecular formula is C15H21BrFNS. The molecule has 0 aliphatic heterocycles. The third-order valence-corrected chi connectivity index (χ3v) is 5.67. The summed E-state index contributed by atoms with van der Waals surface area (Å²) in [6.45, 7) is 4.38. The van der Waals surface area contributed by atoms with Gasteiger partial charge in [0.25, 0.3) is 0 Å². The lowest BCUT2D eigenvalue weighted by atomic mass is 10.1. The van der Waals surface area contributed by atoms with Crippen molar-refractivity contribution in [3.8, 4) is 0 Å². The molecule has 0 spiro atoms. The van der Waals surface area contributed by atoms with Crippen LogP contribution in [0.1, 0.15) is 44.7 Å². The molecule has 2 rings (SSSR count). The topological polar surface area (TPSA) is 12.0 Å². The average Bonchev–Trinajstić information content (AvgIpc) is 2.80. The Bertz CT molecular complexity index is 427. The van der Waals surface area contributed by atoms with Gasteiger partial charge in [-0.1, -0.05) is 19.4 Å². The van der Waals surface area contributed by atoms with Crippen LogP contribution in [-0.2, 0) is 0 Å². The Hall–Kier alpha value is -0.0600. The normalized spacial score (nSPS) is 24.6. The standard InChI is InChI=1S/C15H21BrFNS/c1-3-19-15-6-4-5-14(15)18-10(2)11-7-8-13(17)12(16)9-11/h7-10,14-15,18H,3-6H2,1-2H3. The van der Waals surface area contributed by atoms with E-state index in [9.17, 15) is 4.39 Å². The summed E-state index contributed by atoms with van der Waals surface area (Å²) < 4.78 is 13.8. The Morgan fingerprint density at radius 2 is 2.26 bits per heavy atom. The molecule has 0 amide bonds. The zero-order valence-electron chi connectivity index (χ0n) is 11.5. The lowest BCUT2D eigenvalue weighted by Gasteiger charge is -2.25. The fourth-order valence-corrected chi connectivity index (χ4v) is 4.33. The molecule has 0 bridgehead atoms. The number of thioether (sulfide) groups is 1. The van der Waals surface area contributed by atoms with E-state index in [4.69, 9.17) is 0 Å². The third kappa shape index (κ3) is 3.96. The van der Waals surface area contributed by atoms with Crippen molar-refractivity contribution in [2.45, 2.75) is 50.4 Å². The first-order valence-electron chi connectivity index (χ1n) is 6.94. The van der Waals surface area contributed by atoms with Crippen molar-refractivity contribution in [1.82, 2.24) is 5.32 Å². The van der Waals surface area contributed by atoms with E-state index >= 15 is 0 Å².